The van der Waals surface area contributed by atoms with Crippen molar-refractivity contribution >= 4 is 11.5 Å². The normalized spacial score (nSPS) is 24.7. The average molecular weight is 517 g/mol. The molecule has 2 N–H and O–H groups in total. The Labute approximate surface area is 213 Å². The van der Waals surface area contributed by atoms with Crippen molar-refractivity contribution in [1.82, 2.24) is 35.1 Å². The van der Waals surface area contributed by atoms with Gasteiger partial charge in [-0.15, -0.1) is 0 Å². The Morgan fingerprint density at radius 2 is 1.89 bits per heavy atom. The van der Waals surface area contributed by atoms with E-state index in [0.717, 1.165) is 57.1 Å². The lowest BCUT2D eigenvalue weighted by molar-refractivity contribution is -0.137. The molecule has 37 heavy (non-hydrogen) atoms. The summed E-state index contributed by atoms with van der Waals surface area (Å²) in [5.74, 6) is 1.49. The number of hydrogen-bond acceptors (Lipinski definition) is 8. The Morgan fingerprint density at radius 1 is 1.11 bits per heavy atom. The van der Waals surface area contributed by atoms with Crippen LogP contribution in [-0.2, 0) is 10.9 Å². The predicted octanol–water partition coefficient (Wildman–Crippen LogP) is 2.94. The van der Waals surface area contributed by atoms with E-state index < -0.39 is 11.7 Å². The summed E-state index contributed by atoms with van der Waals surface area (Å²) in [6, 6.07) is 4.65. The molecule has 3 fully saturated rings. The maximum Gasteiger partial charge on any atom is 0.417 e. The molecule has 0 aromatic carbocycles. The van der Waals surface area contributed by atoms with E-state index in [1.807, 2.05) is 13.0 Å². The molecule has 198 valence electrons. The van der Waals surface area contributed by atoms with E-state index in [-0.39, 0.29) is 17.8 Å². The molecule has 0 bridgehead atoms. The third-order valence-corrected chi connectivity index (χ3v) is 7.88. The quantitative estimate of drug-likeness (QED) is 0.518. The van der Waals surface area contributed by atoms with Crippen molar-refractivity contribution in [3.05, 3.63) is 42.4 Å². The number of piperazine rings is 1. The smallest absolute Gasteiger partial charge is 0.361 e. The van der Waals surface area contributed by atoms with Crippen molar-refractivity contribution in [1.29, 1.82) is 0 Å². The van der Waals surface area contributed by atoms with Crippen LogP contribution < -0.4 is 15.8 Å². The maximum atomic E-state index is 13.3. The second-order valence-electron chi connectivity index (χ2n) is 10.0. The van der Waals surface area contributed by atoms with Crippen molar-refractivity contribution in [3.63, 3.8) is 0 Å². The lowest BCUT2D eigenvalue weighted by Gasteiger charge is -2.51. The number of halogens is 3. The van der Waals surface area contributed by atoms with Crippen molar-refractivity contribution in [2.24, 2.45) is 5.92 Å². The third kappa shape index (κ3) is 4.35. The molecule has 12 heteroatoms. The van der Waals surface area contributed by atoms with Crippen LogP contribution in [0, 0.1) is 5.92 Å². The maximum absolute atomic E-state index is 13.3. The number of nitrogens with zero attached hydrogens (tertiary/aromatic N) is 6. The van der Waals surface area contributed by atoms with E-state index in [0.29, 0.717) is 29.7 Å². The number of fused-ring (bicyclic) bond motifs is 1. The molecular formula is C25H31F3N8O. The fraction of sp³-hybridized carbons (Fsp3) is 0.560. The van der Waals surface area contributed by atoms with E-state index in [4.69, 9.17) is 9.72 Å². The fourth-order valence-corrected chi connectivity index (χ4v) is 6.02. The van der Waals surface area contributed by atoms with Crippen LogP contribution in [0.3, 0.4) is 0 Å². The summed E-state index contributed by atoms with van der Waals surface area (Å²) in [7, 11) is 0. The zero-order valence-corrected chi connectivity index (χ0v) is 20.9. The number of nitrogens with one attached hydrogen (secondary N) is 2. The number of hydrogen-bond donors (Lipinski definition) is 2. The minimum atomic E-state index is -4.45. The molecule has 0 spiro atoms. The SMILES string of the molecule is CCOC1(N2CCN(c3ccnc(-c4cnc5ccc(C(F)(F)F)cn45)n3)C(C)C2C2CNNC2)CC1. The van der Waals surface area contributed by atoms with E-state index in [9.17, 15) is 13.2 Å². The Morgan fingerprint density at radius 3 is 2.59 bits per heavy atom. The summed E-state index contributed by atoms with van der Waals surface area (Å²) in [4.78, 5) is 18.3. The molecule has 2 saturated heterocycles. The van der Waals surface area contributed by atoms with Gasteiger partial charge in [0.25, 0.3) is 0 Å². The van der Waals surface area contributed by atoms with Gasteiger partial charge in [-0.25, -0.2) is 15.0 Å². The summed E-state index contributed by atoms with van der Waals surface area (Å²) in [6.45, 7) is 8.32. The molecule has 0 amide bonds. The molecule has 3 aromatic heterocycles. The van der Waals surface area contributed by atoms with E-state index >= 15 is 0 Å². The molecule has 5 heterocycles. The lowest BCUT2D eigenvalue weighted by atomic mass is 9.89. The highest BCUT2D eigenvalue weighted by Gasteiger charge is 2.56. The lowest BCUT2D eigenvalue weighted by Crippen LogP contribution is -2.65. The van der Waals surface area contributed by atoms with Crippen molar-refractivity contribution in [3.8, 4) is 11.5 Å². The van der Waals surface area contributed by atoms with Crippen molar-refractivity contribution in [2.75, 3.05) is 37.7 Å². The van der Waals surface area contributed by atoms with Gasteiger partial charge in [0.2, 0.25) is 0 Å². The van der Waals surface area contributed by atoms with Gasteiger partial charge >= 0.3 is 6.18 Å². The Balaban J connectivity index is 1.33. The van der Waals surface area contributed by atoms with E-state index in [1.165, 1.54) is 16.7 Å². The summed E-state index contributed by atoms with van der Waals surface area (Å²) in [5.41, 5.74) is 6.46. The van der Waals surface area contributed by atoms with Crippen LogP contribution in [0.4, 0.5) is 19.0 Å². The first-order chi connectivity index (χ1) is 17.8. The second-order valence-corrected chi connectivity index (χ2v) is 10.0. The Hall–Kier alpha value is -2.80. The molecule has 1 aliphatic carbocycles. The number of ether oxygens (including phenoxy) is 1. The van der Waals surface area contributed by atoms with Crippen molar-refractivity contribution in [2.45, 2.75) is 50.7 Å². The van der Waals surface area contributed by atoms with E-state index in [1.54, 1.807) is 6.20 Å². The van der Waals surface area contributed by atoms with Gasteiger partial charge in [0, 0.05) is 63.2 Å². The molecule has 6 rings (SSSR count). The topological polar surface area (TPSA) is 82.9 Å². The number of aromatic nitrogens is 4. The summed E-state index contributed by atoms with van der Waals surface area (Å²) >= 11 is 0. The van der Waals surface area contributed by atoms with Gasteiger partial charge in [-0.1, -0.05) is 0 Å². The van der Waals surface area contributed by atoms with Gasteiger partial charge in [-0.2, -0.15) is 13.2 Å². The summed E-state index contributed by atoms with van der Waals surface area (Å²) < 4.78 is 47.7. The van der Waals surface area contributed by atoms with E-state index in [2.05, 4.69) is 37.5 Å². The first-order valence-electron chi connectivity index (χ1n) is 12.8. The molecule has 2 unspecified atom stereocenters. The Kier molecular flexibility index (Phi) is 6.09. The number of imidazole rings is 1. The monoisotopic (exact) mass is 516 g/mol. The molecule has 0 radical (unpaired) electrons. The number of hydrazine groups is 1. The summed E-state index contributed by atoms with van der Waals surface area (Å²) in [6.07, 6.45) is 1.88. The molecule has 1 saturated carbocycles. The first-order valence-corrected chi connectivity index (χ1v) is 12.8. The summed E-state index contributed by atoms with van der Waals surface area (Å²) in [5, 5.41) is 0. The number of alkyl halides is 3. The van der Waals surface area contributed by atoms with Gasteiger partial charge in [-0.05, 0) is 44.9 Å². The van der Waals surface area contributed by atoms with Crippen LogP contribution in [0.5, 0.6) is 0 Å². The molecular weight excluding hydrogens is 485 g/mol. The predicted molar refractivity (Wildman–Crippen MR) is 132 cm³/mol. The minimum Gasteiger partial charge on any atom is -0.361 e. The highest BCUT2D eigenvalue weighted by Crippen LogP contribution is 2.47. The van der Waals surface area contributed by atoms with Gasteiger partial charge in [-0.3, -0.25) is 20.2 Å². The fourth-order valence-electron chi connectivity index (χ4n) is 6.02. The number of anilines is 1. The third-order valence-electron chi connectivity index (χ3n) is 7.88. The molecule has 2 atom stereocenters. The van der Waals surface area contributed by atoms with Crippen molar-refractivity contribution < 1.29 is 17.9 Å². The standard InChI is InChI=1S/C25H31F3N8O/c1-3-37-24(7-8-24)36-11-10-34(16(2)22(36)17-12-31-32-13-17)21-6-9-29-23(33-21)19-14-30-20-5-4-18(15-35(19)20)25(26,27)28/h4-6,9,14-17,22,31-32H,3,7-8,10-13H2,1-2H3. The minimum absolute atomic E-state index is 0.139. The van der Waals surface area contributed by atoms with Gasteiger partial charge in [0.1, 0.15) is 22.9 Å². The van der Waals surface area contributed by atoms with Gasteiger partial charge < -0.3 is 9.64 Å². The number of rotatable bonds is 6. The second kappa shape index (κ2) is 9.19. The average Bonchev–Trinajstić information content (AvgIpc) is 3.27. The van der Waals surface area contributed by atoms with Crippen LogP contribution in [0.2, 0.25) is 0 Å². The molecule has 2 aliphatic heterocycles. The highest BCUT2D eigenvalue weighted by molar-refractivity contribution is 5.59. The van der Waals surface area contributed by atoms with Crippen LogP contribution in [0.15, 0.2) is 36.8 Å². The van der Waals surface area contributed by atoms with Crippen LogP contribution in [0.1, 0.15) is 32.3 Å². The van der Waals surface area contributed by atoms with Crippen LogP contribution in [-0.4, -0.2) is 74.8 Å². The van der Waals surface area contributed by atoms with Gasteiger partial charge in [0.15, 0.2) is 5.82 Å². The van der Waals surface area contributed by atoms with Gasteiger partial charge in [0.05, 0.1) is 11.8 Å². The number of pyridine rings is 1. The zero-order valence-electron chi connectivity index (χ0n) is 20.9. The zero-order chi connectivity index (χ0) is 25.8. The van der Waals surface area contributed by atoms with Crippen LogP contribution >= 0.6 is 0 Å². The molecule has 9 nitrogen and oxygen atoms in total. The largest absolute Gasteiger partial charge is 0.417 e. The Bertz CT molecular complexity index is 1270. The molecule has 3 aliphatic rings. The first kappa shape index (κ1) is 24.5. The highest BCUT2D eigenvalue weighted by atomic mass is 19.4. The van der Waals surface area contributed by atoms with Crippen LogP contribution in [0.25, 0.3) is 17.2 Å². The molecule has 3 aromatic rings.